The van der Waals surface area contributed by atoms with Crippen LogP contribution in [0.25, 0.3) is 22.6 Å². The van der Waals surface area contributed by atoms with E-state index in [2.05, 4.69) is 38.8 Å². The van der Waals surface area contributed by atoms with E-state index in [1.807, 2.05) is 36.4 Å². The van der Waals surface area contributed by atoms with Gasteiger partial charge in [0.1, 0.15) is 11.1 Å². The summed E-state index contributed by atoms with van der Waals surface area (Å²) >= 11 is 0. The lowest BCUT2D eigenvalue weighted by Gasteiger charge is -2.27. The molecule has 0 saturated heterocycles. The van der Waals surface area contributed by atoms with E-state index < -0.39 is 17.3 Å². The fraction of sp³-hybridized carbons (Fsp3) is 0.267. The number of hydrogen-bond donors (Lipinski definition) is 0. The fourth-order valence-electron chi connectivity index (χ4n) is 4.54. The minimum atomic E-state index is -4.50. The standard InChI is InChI=1S/C30H26F3N5O/c1-19-5-4-6-22-11-12-24(27-36-37-28(39-27)29(2,3)18-34)15-25(22)38(19)17-20-7-9-21(10-8-20)23-13-14-35-26(16-23)30(31,32)33/h7-16H,1,4-6,17H2,2-3H3. The van der Waals surface area contributed by atoms with Gasteiger partial charge in [-0.1, -0.05) is 36.9 Å². The summed E-state index contributed by atoms with van der Waals surface area (Å²) in [7, 11) is 0. The lowest BCUT2D eigenvalue weighted by Crippen LogP contribution is -2.21. The summed E-state index contributed by atoms with van der Waals surface area (Å²) in [6.07, 6.45) is -0.630. The number of benzene rings is 2. The van der Waals surface area contributed by atoms with Gasteiger partial charge in [0, 0.05) is 29.7 Å². The normalized spacial score (nSPS) is 14.1. The minimum absolute atomic E-state index is 0.257. The first-order valence-corrected chi connectivity index (χ1v) is 12.5. The number of hydrogen-bond acceptors (Lipinski definition) is 6. The highest BCUT2D eigenvalue weighted by Gasteiger charge is 2.32. The van der Waals surface area contributed by atoms with Crippen LogP contribution in [0.4, 0.5) is 18.9 Å². The van der Waals surface area contributed by atoms with Gasteiger partial charge in [-0.25, -0.2) is 0 Å². The molecule has 2 aromatic carbocycles. The van der Waals surface area contributed by atoms with Crippen LogP contribution >= 0.6 is 0 Å². The maximum atomic E-state index is 13.1. The van der Waals surface area contributed by atoms with E-state index in [9.17, 15) is 18.4 Å². The zero-order valence-electron chi connectivity index (χ0n) is 21.6. The number of allylic oxidation sites excluding steroid dienone is 1. The molecule has 9 heteroatoms. The van der Waals surface area contributed by atoms with Gasteiger partial charge in [0.25, 0.3) is 0 Å². The summed E-state index contributed by atoms with van der Waals surface area (Å²) < 4.78 is 45.2. The fourth-order valence-corrected chi connectivity index (χ4v) is 4.54. The van der Waals surface area contributed by atoms with E-state index in [0.717, 1.165) is 47.8 Å². The van der Waals surface area contributed by atoms with Crippen molar-refractivity contribution in [3.63, 3.8) is 0 Å². The Balaban J connectivity index is 1.43. The third-order valence-corrected chi connectivity index (χ3v) is 6.83. The number of fused-ring (bicyclic) bond motifs is 1. The van der Waals surface area contributed by atoms with Gasteiger partial charge < -0.3 is 9.32 Å². The molecule has 0 saturated carbocycles. The largest absolute Gasteiger partial charge is 0.433 e. The van der Waals surface area contributed by atoms with Gasteiger partial charge in [0.05, 0.1) is 6.07 Å². The summed E-state index contributed by atoms with van der Waals surface area (Å²) in [5.74, 6) is 0.596. The Bertz CT molecular complexity index is 1560. The van der Waals surface area contributed by atoms with Gasteiger partial charge in [-0.15, -0.1) is 10.2 Å². The molecule has 0 spiro atoms. The first-order chi connectivity index (χ1) is 18.5. The van der Waals surface area contributed by atoms with Crippen LogP contribution in [0.5, 0.6) is 0 Å². The van der Waals surface area contributed by atoms with Crippen LogP contribution in [0.3, 0.4) is 0 Å². The van der Waals surface area contributed by atoms with E-state index in [1.54, 1.807) is 19.9 Å². The predicted octanol–water partition coefficient (Wildman–Crippen LogP) is 7.48. The molecule has 0 N–H and O–H groups in total. The average Bonchev–Trinajstić information content (AvgIpc) is 3.38. The highest BCUT2D eigenvalue weighted by molar-refractivity contribution is 5.69. The first-order valence-electron chi connectivity index (χ1n) is 12.5. The van der Waals surface area contributed by atoms with Crippen molar-refractivity contribution in [2.24, 2.45) is 0 Å². The zero-order valence-corrected chi connectivity index (χ0v) is 21.6. The molecule has 1 aliphatic heterocycles. The number of anilines is 1. The van der Waals surface area contributed by atoms with Crippen LogP contribution in [-0.4, -0.2) is 15.2 Å². The number of halogens is 3. The van der Waals surface area contributed by atoms with Crippen molar-refractivity contribution in [1.82, 2.24) is 15.2 Å². The van der Waals surface area contributed by atoms with Gasteiger partial charge in [0.2, 0.25) is 11.8 Å². The van der Waals surface area contributed by atoms with Crippen LogP contribution < -0.4 is 4.90 Å². The number of alkyl halides is 3. The van der Waals surface area contributed by atoms with Gasteiger partial charge >= 0.3 is 6.18 Å². The zero-order chi connectivity index (χ0) is 27.8. The molecule has 4 aromatic rings. The van der Waals surface area contributed by atoms with Crippen molar-refractivity contribution in [2.75, 3.05) is 4.90 Å². The molecule has 0 amide bonds. The summed E-state index contributed by atoms with van der Waals surface area (Å²) in [6, 6.07) is 18.3. The van der Waals surface area contributed by atoms with E-state index in [4.69, 9.17) is 4.42 Å². The van der Waals surface area contributed by atoms with Crippen molar-refractivity contribution < 1.29 is 17.6 Å². The molecule has 3 heterocycles. The number of aromatic nitrogens is 3. The van der Waals surface area contributed by atoms with Crippen LogP contribution in [0.2, 0.25) is 0 Å². The lowest BCUT2D eigenvalue weighted by atomic mass is 9.96. The molecule has 6 nitrogen and oxygen atoms in total. The highest BCUT2D eigenvalue weighted by Crippen LogP contribution is 2.36. The van der Waals surface area contributed by atoms with Crippen LogP contribution in [-0.2, 0) is 24.6 Å². The number of pyridine rings is 1. The van der Waals surface area contributed by atoms with E-state index in [1.165, 1.54) is 11.8 Å². The number of aryl methyl sites for hydroxylation is 1. The second kappa shape index (κ2) is 10.0. The summed E-state index contributed by atoms with van der Waals surface area (Å²) in [6.45, 7) is 8.31. The van der Waals surface area contributed by atoms with Crippen molar-refractivity contribution >= 4 is 5.69 Å². The Morgan fingerprint density at radius 3 is 2.44 bits per heavy atom. The van der Waals surface area contributed by atoms with Gasteiger partial charge in [-0.2, -0.15) is 18.4 Å². The van der Waals surface area contributed by atoms with Gasteiger partial charge in [-0.3, -0.25) is 4.98 Å². The smallest absolute Gasteiger partial charge is 0.419 e. The Labute approximate surface area is 224 Å². The maximum absolute atomic E-state index is 13.1. The maximum Gasteiger partial charge on any atom is 0.433 e. The number of nitriles is 1. The van der Waals surface area contributed by atoms with Gasteiger partial charge in [0.15, 0.2) is 0 Å². The molecule has 0 fully saturated rings. The SMILES string of the molecule is C=C1CCCc2ccc(-c3nnc(C(C)(C)C#N)o3)cc2N1Cc1ccc(-c2ccnc(C(F)(F)F)c2)cc1. The van der Waals surface area contributed by atoms with Crippen molar-refractivity contribution in [2.45, 2.75) is 51.2 Å². The average molecular weight is 530 g/mol. The Morgan fingerprint density at radius 2 is 1.72 bits per heavy atom. The van der Waals surface area contributed by atoms with Gasteiger partial charge in [-0.05, 0) is 79.6 Å². The number of rotatable bonds is 5. The second-order valence-electron chi connectivity index (χ2n) is 10.1. The lowest BCUT2D eigenvalue weighted by molar-refractivity contribution is -0.141. The molecule has 0 unspecified atom stereocenters. The molecule has 0 bridgehead atoms. The van der Waals surface area contributed by atoms with E-state index >= 15 is 0 Å². The summed E-state index contributed by atoms with van der Waals surface area (Å²) in [5, 5.41) is 17.7. The number of nitrogens with zero attached hydrogens (tertiary/aromatic N) is 5. The third-order valence-electron chi connectivity index (χ3n) is 6.83. The second-order valence-corrected chi connectivity index (χ2v) is 10.1. The molecule has 198 valence electrons. The Morgan fingerprint density at radius 1 is 0.974 bits per heavy atom. The van der Waals surface area contributed by atoms with Crippen LogP contribution in [0, 0.1) is 11.3 Å². The monoisotopic (exact) mass is 529 g/mol. The first kappa shape index (κ1) is 26.2. The van der Waals surface area contributed by atoms with Crippen molar-refractivity contribution in [3.8, 4) is 28.7 Å². The highest BCUT2D eigenvalue weighted by atomic mass is 19.4. The van der Waals surface area contributed by atoms with Crippen LogP contribution in [0.15, 0.2) is 77.5 Å². The molecule has 1 aliphatic rings. The third kappa shape index (κ3) is 5.41. The predicted molar refractivity (Wildman–Crippen MR) is 141 cm³/mol. The molecule has 5 rings (SSSR count). The molecule has 0 atom stereocenters. The van der Waals surface area contributed by atoms with Crippen LogP contribution in [0.1, 0.15) is 49.4 Å². The topological polar surface area (TPSA) is 78.8 Å². The van der Waals surface area contributed by atoms with E-state index in [-0.39, 0.29) is 5.89 Å². The molecular formula is C30H26F3N5O. The molecule has 39 heavy (non-hydrogen) atoms. The Kier molecular flexibility index (Phi) is 6.73. The summed E-state index contributed by atoms with van der Waals surface area (Å²) in [5.41, 5.74) is 4.18. The molecule has 2 aromatic heterocycles. The minimum Gasteiger partial charge on any atom is -0.419 e. The van der Waals surface area contributed by atoms with Crippen molar-refractivity contribution in [1.29, 1.82) is 5.26 Å². The van der Waals surface area contributed by atoms with Crippen molar-refractivity contribution in [3.05, 3.63) is 95.8 Å². The quantitative estimate of drug-likeness (QED) is 0.267. The summed E-state index contributed by atoms with van der Waals surface area (Å²) in [4.78, 5) is 5.60. The van der Waals surface area contributed by atoms with E-state index in [0.29, 0.717) is 23.6 Å². The Hall–Kier alpha value is -4.45. The molecular weight excluding hydrogens is 503 g/mol. The molecule has 0 radical (unpaired) electrons. The molecule has 0 aliphatic carbocycles.